The average molecular weight is 525 g/mol. The minimum Gasteiger partial charge on any atom is -0.484 e. The molecule has 0 saturated heterocycles. The number of hydrogen-bond acceptors (Lipinski definition) is 8. The summed E-state index contributed by atoms with van der Waals surface area (Å²) < 4.78 is 66.7. The van der Waals surface area contributed by atoms with Crippen LogP contribution in [-0.4, -0.2) is 38.3 Å². The van der Waals surface area contributed by atoms with E-state index in [1.54, 1.807) is 48.2 Å². The monoisotopic (exact) mass is 524 g/mol. The van der Waals surface area contributed by atoms with Gasteiger partial charge in [-0.15, -0.1) is 11.3 Å². The number of amides is 1. The van der Waals surface area contributed by atoms with Crippen molar-refractivity contribution in [1.82, 2.24) is 9.71 Å². The van der Waals surface area contributed by atoms with E-state index in [2.05, 4.69) is 4.98 Å². The number of aromatic nitrogens is 1. The molecular formula is C22H19F3N4O4S2. The van der Waals surface area contributed by atoms with Crippen molar-refractivity contribution in [3.8, 4) is 11.8 Å². The summed E-state index contributed by atoms with van der Waals surface area (Å²) in [7, 11) is -3.79. The summed E-state index contributed by atoms with van der Waals surface area (Å²) in [5.74, 6) is -0.806. The van der Waals surface area contributed by atoms with Crippen LogP contribution in [0.15, 0.2) is 48.5 Å². The molecule has 0 aliphatic rings. The standard InChI is InChI=1S/C22H19F3N4O4S2/c1-14-19(20(30)28-35(2,31)32)27-21(34-14)29(17-7-3-15(11-26)4-8-17)12-16-5-9-18(10-6-16)33-13-22(23,24)25/h3-10H,12-13H2,1-2H3,(H,28,30). The molecule has 0 spiro atoms. The van der Waals surface area contributed by atoms with Crippen molar-refractivity contribution < 1.29 is 31.1 Å². The van der Waals surface area contributed by atoms with Crippen LogP contribution in [0.3, 0.4) is 0 Å². The van der Waals surface area contributed by atoms with Gasteiger partial charge >= 0.3 is 6.18 Å². The first-order valence-electron chi connectivity index (χ1n) is 9.90. The molecule has 8 nitrogen and oxygen atoms in total. The summed E-state index contributed by atoms with van der Waals surface area (Å²) in [4.78, 5) is 18.9. The minimum atomic E-state index is -4.45. The van der Waals surface area contributed by atoms with Gasteiger partial charge in [0.15, 0.2) is 11.7 Å². The van der Waals surface area contributed by atoms with E-state index in [-0.39, 0.29) is 18.0 Å². The third kappa shape index (κ3) is 7.43. The second-order valence-electron chi connectivity index (χ2n) is 7.40. The zero-order valence-corrected chi connectivity index (χ0v) is 20.1. The Hall–Kier alpha value is -3.63. The molecule has 3 rings (SSSR count). The van der Waals surface area contributed by atoms with Crippen LogP contribution in [0.4, 0.5) is 24.0 Å². The Morgan fingerprint density at radius 2 is 1.80 bits per heavy atom. The highest BCUT2D eigenvalue weighted by Gasteiger charge is 2.28. The topological polar surface area (TPSA) is 112 Å². The van der Waals surface area contributed by atoms with E-state index in [1.807, 2.05) is 10.8 Å². The molecule has 0 aliphatic heterocycles. The largest absolute Gasteiger partial charge is 0.484 e. The first-order chi connectivity index (χ1) is 16.3. The highest BCUT2D eigenvalue weighted by Crippen LogP contribution is 2.33. The molecule has 184 valence electrons. The molecule has 0 bridgehead atoms. The van der Waals surface area contributed by atoms with Crippen LogP contribution in [0.25, 0.3) is 0 Å². The number of rotatable bonds is 8. The van der Waals surface area contributed by atoms with Gasteiger partial charge in [-0.05, 0) is 48.9 Å². The Morgan fingerprint density at radius 1 is 1.17 bits per heavy atom. The van der Waals surface area contributed by atoms with Gasteiger partial charge in [0.05, 0.1) is 24.4 Å². The lowest BCUT2D eigenvalue weighted by Gasteiger charge is -2.22. The van der Waals surface area contributed by atoms with Gasteiger partial charge in [0.25, 0.3) is 5.91 Å². The van der Waals surface area contributed by atoms with Crippen LogP contribution in [0.5, 0.6) is 5.75 Å². The van der Waals surface area contributed by atoms with Crippen LogP contribution in [-0.2, 0) is 16.6 Å². The lowest BCUT2D eigenvalue weighted by molar-refractivity contribution is -0.153. The van der Waals surface area contributed by atoms with Crippen molar-refractivity contribution >= 4 is 38.1 Å². The Labute approximate surface area is 203 Å². The van der Waals surface area contributed by atoms with Gasteiger partial charge in [-0.3, -0.25) is 4.79 Å². The van der Waals surface area contributed by atoms with Crippen molar-refractivity contribution in [2.45, 2.75) is 19.6 Å². The molecule has 1 aromatic heterocycles. The van der Waals surface area contributed by atoms with E-state index >= 15 is 0 Å². The normalized spacial score (nSPS) is 11.5. The molecule has 0 fully saturated rings. The number of hydrogen-bond donors (Lipinski definition) is 1. The number of nitriles is 1. The van der Waals surface area contributed by atoms with Gasteiger partial charge in [0.2, 0.25) is 10.0 Å². The first-order valence-corrected chi connectivity index (χ1v) is 12.6. The van der Waals surface area contributed by atoms with Gasteiger partial charge in [0.1, 0.15) is 11.4 Å². The van der Waals surface area contributed by atoms with E-state index < -0.39 is 28.7 Å². The fourth-order valence-corrected chi connectivity index (χ4v) is 4.31. The van der Waals surface area contributed by atoms with Gasteiger partial charge in [0, 0.05) is 10.6 Å². The summed E-state index contributed by atoms with van der Waals surface area (Å²) in [5, 5.41) is 9.46. The third-order valence-electron chi connectivity index (χ3n) is 4.48. The summed E-state index contributed by atoms with van der Waals surface area (Å²) in [6, 6.07) is 14.6. The van der Waals surface area contributed by atoms with Crippen molar-refractivity contribution in [3.05, 3.63) is 70.2 Å². The number of aryl methyl sites for hydroxylation is 1. The molecule has 13 heteroatoms. The predicted molar refractivity (Wildman–Crippen MR) is 124 cm³/mol. The van der Waals surface area contributed by atoms with Crippen LogP contribution < -0.4 is 14.4 Å². The van der Waals surface area contributed by atoms with Gasteiger partial charge < -0.3 is 9.64 Å². The summed E-state index contributed by atoms with van der Waals surface area (Å²) in [5.41, 5.74) is 1.71. The molecule has 1 amide bonds. The maximum atomic E-state index is 12.4. The smallest absolute Gasteiger partial charge is 0.422 e. The number of ether oxygens (including phenoxy) is 1. The van der Waals surface area contributed by atoms with E-state index in [4.69, 9.17) is 10.00 Å². The quantitative estimate of drug-likeness (QED) is 0.468. The Balaban J connectivity index is 1.92. The predicted octanol–water partition coefficient (Wildman–Crippen LogP) is 4.29. The lowest BCUT2D eigenvalue weighted by atomic mass is 10.1. The SMILES string of the molecule is Cc1sc(N(Cc2ccc(OCC(F)(F)F)cc2)c2ccc(C#N)cc2)nc1C(=O)NS(C)(=O)=O. The van der Waals surface area contributed by atoms with Crippen molar-refractivity contribution in [2.24, 2.45) is 0 Å². The average Bonchev–Trinajstić information content (AvgIpc) is 3.17. The number of nitrogens with zero attached hydrogens (tertiary/aromatic N) is 3. The molecule has 0 unspecified atom stereocenters. The van der Waals surface area contributed by atoms with E-state index in [0.717, 1.165) is 17.6 Å². The molecule has 2 aromatic carbocycles. The maximum Gasteiger partial charge on any atom is 0.422 e. The summed E-state index contributed by atoms with van der Waals surface area (Å²) in [6.45, 7) is 0.439. The molecule has 1 N–H and O–H groups in total. The van der Waals surface area contributed by atoms with E-state index in [9.17, 15) is 26.4 Å². The molecule has 1 heterocycles. The minimum absolute atomic E-state index is 0.0510. The highest BCUT2D eigenvalue weighted by molar-refractivity contribution is 7.89. The summed E-state index contributed by atoms with van der Waals surface area (Å²) in [6.07, 6.45) is -3.59. The fraction of sp³-hybridized carbons (Fsp3) is 0.227. The zero-order chi connectivity index (χ0) is 25.8. The number of sulfonamides is 1. The zero-order valence-electron chi connectivity index (χ0n) is 18.5. The Morgan fingerprint density at radius 3 is 2.34 bits per heavy atom. The molecule has 0 atom stereocenters. The van der Waals surface area contributed by atoms with Gasteiger partial charge in [-0.1, -0.05) is 12.1 Å². The fourth-order valence-electron chi connectivity index (χ4n) is 2.95. The van der Waals surface area contributed by atoms with Crippen LogP contribution in [0.2, 0.25) is 0 Å². The van der Waals surface area contributed by atoms with Crippen LogP contribution in [0.1, 0.15) is 26.5 Å². The highest BCUT2D eigenvalue weighted by atomic mass is 32.2. The third-order valence-corrected chi connectivity index (χ3v) is 6.03. The van der Waals surface area contributed by atoms with E-state index in [0.29, 0.717) is 26.8 Å². The molecule has 0 saturated carbocycles. The van der Waals surface area contributed by atoms with Crippen LogP contribution in [0, 0.1) is 18.3 Å². The second kappa shape index (κ2) is 10.3. The number of alkyl halides is 3. The lowest BCUT2D eigenvalue weighted by Crippen LogP contribution is -2.30. The van der Waals surface area contributed by atoms with Gasteiger partial charge in [-0.2, -0.15) is 18.4 Å². The molecule has 0 aliphatic carbocycles. The number of thiazole rings is 1. The Kier molecular flexibility index (Phi) is 7.67. The van der Waals surface area contributed by atoms with Crippen molar-refractivity contribution in [2.75, 3.05) is 17.8 Å². The van der Waals surface area contributed by atoms with Crippen molar-refractivity contribution in [1.29, 1.82) is 5.26 Å². The molecule has 35 heavy (non-hydrogen) atoms. The number of halogens is 3. The van der Waals surface area contributed by atoms with E-state index in [1.165, 1.54) is 12.1 Å². The maximum absolute atomic E-state index is 12.4. The number of nitrogens with one attached hydrogen (secondary N) is 1. The van der Waals surface area contributed by atoms with Crippen LogP contribution >= 0.6 is 11.3 Å². The number of anilines is 2. The molecule has 3 aromatic rings. The summed E-state index contributed by atoms with van der Waals surface area (Å²) >= 11 is 1.16. The first kappa shape index (κ1) is 26.0. The second-order valence-corrected chi connectivity index (χ2v) is 10.3. The molecule has 0 radical (unpaired) electrons. The number of carbonyl (C=O) groups is 1. The van der Waals surface area contributed by atoms with Crippen molar-refractivity contribution in [3.63, 3.8) is 0 Å². The number of benzene rings is 2. The van der Waals surface area contributed by atoms with Gasteiger partial charge in [-0.25, -0.2) is 18.1 Å². The Bertz CT molecular complexity index is 1350. The molecular weight excluding hydrogens is 505 g/mol. The number of carbonyl (C=O) groups excluding carboxylic acids is 1.